The van der Waals surface area contributed by atoms with Crippen molar-refractivity contribution in [3.05, 3.63) is 29.8 Å². The van der Waals surface area contributed by atoms with Crippen LogP contribution in [0, 0.1) is 0 Å². The summed E-state index contributed by atoms with van der Waals surface area (Å²) < 4.78 is 26.2. The molecule has 5 nitrogen and oxygen atoms in total. The standard InChI is InChI=1S/C15H26N2O3S/c1-5-10-16-11-13-6-8-14(9-7-13)21(19,20)17(4)15(2,3)12-18/h6-9,16,18H,5,10-12H2,1-4H3. The highest BCUT2D eigenvalue weighted by atomic mass is 32.2. The molecule has 0 radical (unpaired) electrons. The first-order valence-corrected chi connectivity index (χ1v) is 8.59. The number of likely N-dealkylation sites (N-methyl/N-ethyl adjacent to an activating group) is 1. The number of sulfonamides is 1. The molecule has 0 spiro atoms. The molecule has 0 aliphatic heterocycles. The molecule has 0 aliphatic rings. The molecule has 0 amide bonds. The van der Waals surface area contributed by atoms with Gasteiger partial charge in [-0.15, -0.1) is 0 Å². The van der Waals surface area contributed by atoms with Crippen LogP contribution in [0.5, 0.6) is 0 Å². The maximum Gasteiger partial charge on any atom is 0.243 e. The van der Waals surface area contributed by atoms with Crippen LogP contribution in [-0.2, 0) is 16.6 Å². The Bertz CT molecular complexity index is 539. The zero-order valence-electron chi connectivity index (χ0n) is 13.3. The van der Waals surface area contributed by atoms with Crippen molar-refractivity contribution < 1.29 is 13.5 Å². The highest BCUT2D eigenvalue weighted by molar-refractivity contribution is 7.89. The molecular weight excluding hydrogens is 288 g/mol. The Morgan fingerprint density at radius 2 is 1.81 bits per heavy atom. The van der Waals surface area contributed by atoms with Crippen LogP contribution in [0.1, 0.15) is 32.8 Å². The molecule has 1 aromatic carbocycles. The van der Waals surface area contributed by atoms with Crippen LogP contribution in [-0.4, -0.2) is 43.6 Å². The van der Waals surface area contributed by atoms with Gasteiger partial charge >= 0.3 is 0 Å². The summed E-state index contributed by atoms with van der Waals surface area (Å²) >= 11 is 0. The van der Waals surface area contributed by atoms with E-state index in [0.717, 1.165) is 25.1 Å². The van der Waals surface area contributed by atoms with Crippen molar-refractivity contribution in [3.8, 4) is 0 Å². The average Bonchev–Trinajstić information content (AvgIpc) is 2.47. The van der Waals surface area contributed by atoms with Crippen LogP contribution in [0.4, 0.5) is 0 Å². The van der Waals surface area contributed by atoms with Crippen molar-refractivity contribution in [1.29, 1.82) is 0 Å². The number of benzene rings is 1. The van der Waals surface area contributed by atoms with Crippen molar-refractivity contribution in [3.63, 3.8) is 0 Å². The van der Waals surface area contributed by atoms with E-state index in [1.54, 1.807) is 26.0 Å². The van der Waals surface area contributed by atoms with E-state index in [0.29, 0.717) is 0 Å². The van der Waals surface area contributed by atoms with Gasteiger partial charge in [-0.3, -0.25) is 0 Å². The van der Waals surface area contributed by atoms with Gasteiger partial charge in [0.15, 0.2) is 0 Å². The van der Waals surface area contributed by atoms with E-state index in [1.807, 2.05) is 12.1 Å². The zero-order chi connectivity index (χ0) is 16.1. The Morgan fingerprint density at radius 3 is 2.29 bits per heavy atom. The van der Waals surface area contributed by atoms with Crippen LogP contribution in [0.25, 0.3) is 0 Å². The Kier molecular flexibility index (Phi) is 6.34. The van der Waals surface area contributed by atoms with E-state index < -0.39 is 15.6 Å². The SMILES string of the molecule is CCCNCc1ccc(S(=O)(=O)N(C)C(C)(C)CO)cc1. The Balaban J connectivity index is 2.90. The van der Waals surface area contributed by atoms with E-state index in [1.165, 1.54) is 11.4 Å². The Hall–Kier alpha value is -0.950. The van der Waals surface area contributed by atoms with Gasteiger partial charge in [0.25, 0.3) is 0 Å². The molecule has 0 aromatic heterocycles. The summed E-state index contributed by atoms with van der Waals surface area (Å²) in [5.74, 6) is 0. The molecule has 6 heteroatoms. The van der Waals surface area contributed by atoms with Crippen LogP contribution in [0.3, 0.4) is 0 Å². The number of aliphatic hydroxyl groups is 1. The summed E-state index contributed by atoms with van der Waals surface area (Å²) in [6.45, 7) is 6.91. The van der Waals surface area contributed by atoms with Crippen LogP contribution in [0.15, 0.2) is 29.2 Å². The summed E-state index contributed by atoms with van der Waals surface area (Å²) in [4.78, 5) is 0.241. The van der Waals surface area contributed by atoms with Crippen LogP contribution < -0.4 is 5.32 Å². The lowest BCUT2D eigenvalue weighted by Crippen LogP contribution is -2.47. The van der Waals surface area contributed by atoms with Gasteiger partial charge in [-0.05, 0) is 44.5 Å². The number of nitrogens with zero attached hydrogens (tertiary/aromatic N) is 1. The highest BCUT2D eigenvalue weighted by Gasteiger charge is 2.33. The van der Waals surface area contributed by atoms with Gasteiger partial charge < -0.3 is 10.4 Å². The van der Waals surface area contributed by atoms with Crippen molar-refractivity contribution >= 4 is 10.0 Å². The molecule has 120 valence electrons. The molecule has 1 aromatic rings. The molecule has 21 heavy (non-hydrogen) atoms. The smallest absolute Gasteiger partial charge is 0.243 e. The van der Waals surface area contributed by atoms with E-state index in [2.05, 4.69) is 12.2 Å². The third-order valence-corrected chi connectivity index (χ3v) is 5.66. The fraction of sp³-hybridized carbons (Fsp3) is 0.600. The molecular formula is C15H26N2O3S. The first-order chi connectivity index (χ1) is 9.75. The molecule has 0 bridgehead atoms. The third kappa shape index (κ3) is 4.51. The van der Waals surface area contributed by atoms with E-state index in [4.69, 9.17) is 0 Å². The fourth-order valence-corrected chi connectivity index (χ4v) is 3.28. The van der Waals surface area contributed by atoms with E-state index in [9.17, 15) is 13.5 Å². The molecule has 1 rings (SSSR count). The number of rotatable bonds is 8. The summed E-state index contributed by atoms with van der Waals surface area (Å²) in [7, 11) is -2.11. The lowest BCUT2D eigenvalue weighted by atomic mass is 10.1. The predicted molar refractivity (Wildman–Crippen MR) is 84.6 cm³/mol. The quantitative estimate of drug-likeness (QED) is 0.715. The largest absolute Gasteiger partial charge is 0.394 e. The number of hydrogen-bond acceptors (Lipinski definition) is 4. The minimum atomic E-state index is -3.60. The van der Waals surface area contributed by atoms with Gasteiger partial charge in [-0.1, -0.05) is 19.1 Å². The summed E-state index contributed by atoms with van der Waals surface area (Å²) in [6.07, 6.45) is 1.06. The number of nitrogens with one attached hydrogen (secondary N) is 1. The topological polar surface area (TPSA) is 69.6 Å². The summed E-state index contributed by atoms with van der Waals surface area (Å²) in [5, 5.41) is 12.6. The minimum Gasteiger partial charge on any atom is -0.394 e. The first-order valence-electron chi connectivity index (χ1n) is 7.15. The minimum absolute atomic E-state index is 0.234. The maximum atomic E-state index is 12.5. The molecule has 0 heterocycles. The molecule has 0 fully saturated rings. The normalized spacial score (nSPS) is 12.9. The zero-order valence-corrected chi connectivity index (χ0v) is 14.1. The van der Waals surface area contributed by atoms with Gasteiger partial charge in [-0.2, -0.15) is 4.31 Å². The summed E-state index contributed by atoms with van der Waals surface area (Å²) in [5.41, 5.74) is 0.215. The molecule has 0 atom stereocenters. The molecule has 0 saturated heterocycles. The van der Waals surface area contributed by atoms with Gasteiger partial charge in [0.2, 0.25) is 10.0 Å². The second-order valence-electron chi connectivity index (χ2n) is 5.76. The monoisotopic (exact) mass is 314 g/mol. The second-order valence-corrected chi connectivity index (χ2v) is 7.73. The van der Waals surface area contributed by atoms with E-state index >= 15 is 0 Å². The fourth-order valence-electron chi connectivity index (χ4n) is 1.77. The average molecular weight is 314 g/mol. The maximum absolute atomic E-state index is 12.5. The predicted octanol–water partition coefficient (Wildman–Crippen LogP) is 1.58. The lowest BCUT2D eigenvalue weighted by molar-refractivity contribution is 0.138. The second kappa shape index (κ2) is 7.35. The highest BCUT2D eigenvalue weighted by Crippen LogP contribution is 2.22. The molecule has 0 unspecified atom stereocenters. The van der Waals surface area contributed by atoms with Gasteiger partial charge in [-0.25, -0.2) is 8.42 Å². The van der Waals surface area contributed by atoms with Crippen LogP contribution >= 0.6 is 0 Å². The number of hydrogen-bond donors (Lipinski definition) is 2. The van der Waals surface area contributed by atoms with Crippen LogP contribution in [0.2, 0.25) is 0 Å². The first kappa shape index (κ1) is 18.1. The van der Waals surface area contributed by atoms with Crippen molar-refractivity contribution in [1.82, 2.24) is 9.62 Å². The van der Waals surface area contributed by atoms with Crippen molar-refractivity contribution in [2.45, 2.75) is 44.2 Å². The van der Waals surface area contributed by atoms with Gasteiger partial charge in [0.1, 0.15) is 0 Å². The Labute approximate surface area is 128 Å². The summed E-state index contributed by atoms with van der Waals surface area (Å²) in [6, 6.07) is 6.86. The Morgan fingerprint density at radius 1 is 1.24 bits per heavy atom. The number of aliphatic hydroxyl groups excluding tert-OH is 1. The third-order valence-electron chi connectivity index (χ3n) is 3.58. The van der Waals surface area contributed by atoms with Crippen molar-refractivity contribution in [2.75, 3.05) is 20.2 Å². The molecule has 0 aliphatic carbocycles. The molecule has 2 N–H and O–H groups in total. The van der Waals surface area contributed by atoms with Gasteiger partial charge in [0, 0.05) is 13.6 Å². The lowest BCUT2D eigenvalue weighted by Gasteiger charge is -2.32. The van der Waals surface area contributed by atoms with Crippen molar-refractivity contribution in [2.24, 2.45) is 0 Å². The van der Waals surface area contributed by atoms with E-state index in [-0.39, 0.29) is 11.5 Å². The van der Waals surface area contributed by atoms with Gasteiger partial charge in [0.05, 0.1) is 17.0 Å². The molecule has 0 saturated carbocycles.